The van der Waals surface area contributed by atoms with Gasteiger partial charge in [-0.15, -0.1) is 0 Å². The predicted molar refractivity (Wildman–Crippen MR) is 85.1 cm³/mol. The van der Waals surface area contributed by atoms with Crippen LogP contribution >= 0.6 is 0 Å². The number of halogens is 1. The molecule has 110 valence electrons. The second kappa shape index (κ2) is 5.98. The monoisotopic (exact) mass is 283 g/mol. The van der Waals surface area contributed by atoms with Crippen LogP contribution in [-0.2, 0) is 12.8 Å². The summed E-state index contributed by atoms with van der Waals surface area (Å²) in [6, 6.07) is 12.0. The lowest BCUT2D eigenvalue weighted by Gasteiger charge is -2.23. The number of aryl methyl sites for hydroxylation is 3. The molecule has 0 bridgehead atoms. The fourth-order valence-corrected chi connectivity index (χ4v) is 3.40. The number of fused-ring (bicyclic) bond motifs is 1. The number of nitrogens with one attached hydrogen (secondary N) is 1. The minimum atomic E-state index is -0.170. The molecule has 2 aromatic rings. The van der Waals surface area contributed by atoms with Crippen molar-refractivity contribution in [2.24, 2.45) is 0 Å². The maximum Gasteiger partial charge on any atom is 0.123 e. The first-order valence-electron chi connectivity index (χ1n) is 7.74. The summed E-state index contributed by atoms with van der Waals surface area (Å²) in [6.07, 6.45) is 4.98. The normalized spacial score (nSPS) is 15.6. The Morgan fingerprint density at radius 3 is 2.48 bits per heavy atom. The summed E-state index contributed by atoms with van der Waals surface area (Å²) in [5, 5.41) is 3.38. The van der Waals surface area contributed by atoms with Gasteiger partial charge in [0.15, 0.2) is 0 Å². The van der Waals surface area contributed by atoms with Gasteiger partial charge in [-0.3, -0.25) is 0 Å². The van der Waals surface area contributed by atoms with Crippen LogP contribution in [0.3, 0.4) is 0 Å². The zero-order chi connectivity index (χ0) is 14.8. The van der Waals surface area contributed by atoms with E-state index in [2.05, 4.69) is 23.5 Å². The Labute approximate surface area is 126 Å². The van der Waals surface area contributed by atoms with E-state index in [1.165, 1.54) is 42.4 Å². The highest BCUT2D eigenvalue weighted by Crippen LogP contribution is 2.29. The molecule has 1 N–H and O–H groups in total. The van der Waals surface area contributed by atoms with Crippen molar-refractivity contribution in [3.05, 3.63) is 70.0 Å². The van der Waals surface area contributed by atoms with Gasteiger partial charge in [0.2, 0.25) is 0 Å². The Bertz CT molecular complexity index is 648. The SMILES string of the molecule is CNC(c1ccc2c(c1)CCCC2)c1ccc(F)cc1C. The van der Waals surface area contributed by atoms with Gasteiger partial charge in [-0.2, -0.15) is 0 Å². The van der Waals surface area contributed by atoms with Crippen molar-refractivity contribution in [2.45, 2.75) is 38.6 Å². The molecule has 0 fully saturated rings. The van der Waals surface area contributed by atoms with Crippen molar-refractivity contribution in [3.63, 3.8) is 0 Å². The van der Waals surface area contributed by atoms with Gasteiger partial charge >= 0.3 is 0 Å². The molecule has 0 radical (unpaired) electrons. The fraction of sp³-hybridized carbons (Fsp3) is 0.368. The van der Waals surface area contributed by atoms with E-state index in [1.54, 1.807) is 12.1 Å². The molecule has 0 saturated carbocycles. The molecule has 21 heavy (non-hydrogen) atoms. The number of hydrogen-bond acceptors (Lipinski definition) is 1. The van der Waals surface area contributed by atoms with E-state index >= 15 is 0 Å². The third kappa shape index (κ3) is 2.86. The molecule has 1 unspecified atom stereocenters. The molecule has 0 saturated heterocycles. The first-order valence-corrected chi connectivity index (χ1v) is 7.74. The summed E-state index contributed by atoms with van der Waals surface area (Å²) in [5.41, 5.74) is 6.39. The Morgan fingerprint density at radius 1 is 1.00 bits per heavy atom. The summed E-state index contributed by atoms with van der Waals surface area (Å²) in [4.78, 5) is 0. The minimum Gasteiger partial charge on any atom is -0.309 e. The molecular formula is C19H22FN. The van der Waals surface area contributed by atoms with Gasteiger partial charge in [0.25, 0.3) is 0 Å². The van der Waals surface area contributed by atoms with Gasteiger partial charge in [0.05, 0.1) is 6.04 Å². The maximum absolute atomic E-state index is 13.3. The van der Waals surface area contributed by atoms with Gasteiger partial charge in [0, 0.05) is 0 Å². The van der Waals surface area contributed by atoms with Crippen molar-refractivity contribution in [1.82, 2.24) is 5.32 Å². The molecule has 1 nitrogen and oxygen atoms in total. The average molecular weight is 283 g/mol. The van der Waals surface area contributed by atoms with E-state index in [1.807, 2.05) is 20.0 Å². The van der Waals surface area contributed by atoms with Crippen LogP contribution in [0, 0.1) is 12.7 Å². The van der Waals surface area contributed by atoms with Crippen LogP contribution in [0.15, 0.2) is 36.4 Å². The van der Waals surface area contributed by atoms with Crippen molar-refractivity contribution < 1.29 is 4.39 Å². The van der Waals surface area contributed by atoms with Crippen LogP contribution in [0.4, 0.5) is 4.39 Å². The lowest BCUT2D eigenvalue weighted by atomic mass is 9.87. The molecule has 1 atom stereocenters. The van der Waals surface area contributed by atoms with Crippen LogP contribution in [0.25, 0.3) is 0 Å². The summed E-state index contributed by atoms with van der Waals surface area (Å²) in [6.45, 7) is 1.97. The highest BCUT2D eigenvalue weighted by atomic mass is 19.1. The first-order chi connectivity index (χ1) is 10.2. The fourth-order valence-electron chi connectivity index (χ4n) is 3.40. The predicted octanol–water partition coefficient (Wildman–Crippen LogP) is 4.32. The zero-order valence-corrected chi connectivity index (χ0v) is 12.7. The Balaban J connectivity index is 1.99. The minimum absolute atomic E-state index is 0.123. The quantitative estimate of drug-likeness (QED) is 0.884. The van der Waals surface area contributed by atoms with Crippen molar-refractivity contribution in [2.75, 3.05) is 7.05 Å². The lowest BCUT2D eigenvalue weighted by Crippen LogP contribution is -2.19. The third-order valence-corrected chi connectivity index (χ3v) is 4.54. The summed E-state index contributed by atoms with van der Waals surface area (Å²) in [7, 11) is 1.97. The topological polar surface area (TPSA) is 12.0 Å². The molecule has 0 spiro atoms. The van der Waals surface area contributed by atoms with E-state index in [4.69, 9.17) is 0 Å². The third-order valence-electron chi connectivity index (χ3n) is 4.54. The molecule has 0 aromatic heterocycles. The first kappa shape index (κ1) is 14.3. The van der Waals surface area contributed by atoms with E-state index in [0.29, 0.717) is 0 Å². The second-order valence-corrected chi connectivity index (χ2v) is 5.96. The Morgan fingerprint density at radius 2 is 1.76 bits per heavy atom. The van der Waals surface area contributed by atoms with Crippen LogP contribution in [0.1, 0.15) is 46.7 Å². The highest BCUT2D eigenvalue weighted by Gasteiger charge is 2.17. The number of rotatable bonds is 3. The lowest BCUT2D eigenvalue weighted by molar-refractivity contribution is 0.620. The molecule has 1 aliphatic carbocycles. The van der Waals surface area contributed by atoms with Crippen LogP contribution in [-0.4, -0.2) is 7.05 Å². The molecule has 1 aliphatic rings. The standard InChI is InChI=1S/C19H22FN/c1-13-11-17(20)9-10-18(13)19(21-2)16-8-7-14-5-3-4-6-15(14)12-16/h7-12,19,21H,3-6H2,1-2H3. The van der Waals surface area contributed by atoms with Crippen molar-refractivity contribution in [1.29, 1.82) is 0 Å². The molecule has 0 amide bonds. The van der Waals surface area contributed by atoms with Gasteiger partial charge < -0.3 is 5.32 Å². The van der Waals surface area contributed by atoms with Gasteiger partial charge in [-0.1, -0.05) is 24.3 Å². The van der Waals surface area contributed by atoms with E-state index in [-0.39, 0.29) is 11.9 Å². The van der Waals surface area contributed by atoms with Gasteiger partial charge in [-0.25, -0.2) is 4.39 Å². The highest BCUT2D eigenvalue weighted by molar-refractivity contribution is 5.41. The maximum atomic E-state index is 13.3. The molecule has 2 aromatic carbocycles. The molecule has 3 rings (SSSR count). The van der Waals surface area contributed by atoms with E-state index in [9.17, 15) is 4.39 Å². The smallest absolute Gasteiger partial charge is 0.123 e. The van der Waals surface area contributed by atoms with Crippen LogP contribution in [0.5, 0.6) is 0 Å². The van der Waals surface area contributed by atoms with Crippen molar-refractivity contribution in [3.8, 4) is 0 Å². The summed E-state index contributed by atoms with van der Waals surface area (Å²) >= 11 is 0. The molecular weight excluding hydrogens is 261 g/mol. The summed E-state index contributed by atoms with van der Waals surface area (Å²) in [5.74, 6) is -0.170. The van der Waals surface area contributed by atoms with E-state index < -0.39 is 0 Å². The van der Waals surface area contributed by atoms with E-state index in [0.717, 1.165) is 11.1 Å². The number of benzene rings is 2. The largest absolute Gasteiger partial charge is 0.309 e. The Kier molecular flexibility index (Phi) is 4.07. The van der Waals surface area contributed by atoms with Crippen molar-refractivity contribution >= 4 is 0 Å². The zero-order valence-electron chi connectivity index (χ0n) is 12.7. The number of hydrogen-bond donors (Lipinski definition) is 1. The van der Waals surface area contributed by atoms with Crippen LogP contribution in [0.2, 0.25) is 0 Å². The average Bonchev–Trinajstić information content (AvgIpc) is 2.50. The van der Waals surface area contributed by atoms with Gasteiger partial charge in [0.1, 0.15) is 5.82 Å². The molecule has 0 aliphatic heterocycles. The molecule has 0 heterocycles. The second-order valence-electron chi connectivity index (χ2n) is 5.96. The molecule has 2 heteroatoms. The Hall–Kier alpha value is -1.67. The van der Waals surface area contributed by atoms with Crippen LogP contribution < -0.4 is 5.32 Å². The van der Waals surface area contributed by atoms with Gasteiger partial charge in [-0.05, 0) is 79.6 Å². The summed E-state index contributed by atoms with van der Waals surface area (Å²) < 4.78 is 13.3.